The van der Waals surface area contributed by atoms with Crippen molar-refractivity contribution >= 4 is 6.09 Å². The zero-order valence-corrected chi connectivity index (χ0v) is 9.08. The predicted octanol–water partition coefficient (Wildman–Crippen LogP) is 1.35. The molecule has 0 aromatic carbocycles. The van der Waals surface area contributed by atoms with Crippen molar-refractivity contribution in [3.05, 3.63) is 0 Å². The second-order valence-corrected chi connectivity index (χ2v) is 4.13. The van der Waals surface area contributed by atoms with Crippen LogP contribution in [0.4, 0.5) is 4.79 Å². The second-order valence-electron chi connectivity index (χ2n) is 4.13. The summed E-state index contributed by atoms with van der Waals surface area (Å²) < 4.78 is 5.35. The van der Waals surface area contributed by atoms with E-state index in [-0.39, 0.29) is 11.7 Å². The highest BCUT2D eigenvalue weighted by molar-refractivity contribution is 5.70. The molecule has 1 unspecified atom stereocenters. The third-order valence-corrected chi connectivity index (χ3v) is 2.52. The largest absolute Gasteiger partial charge is 0.441 e. The van der Waals surface area contributed by atoms with Gasteiger partial charge >= 0.3 is 6.09 Å². The smallest absolute Gasteiger partial charge is 0.410 e. The van der Waals surface area contributed by atoms with E-state index in [4.69, 9.17) is 10.5 Å². The molecule has 1 amide bonds. The molecule has 0 saturated carbocycles. The van der Waals surface area contributed by atoms with Crippen LogP contribution in [-0.4, -0.2) is 36.2 Å². The van der Waals surface area contributed by atoms with Gasteiger partial charge in [-0.15, -0.1) is 0 Å². The van der Waals surface area contributed by atoms with E-state index in [0.717, 1.165) is 25.8 Å². The molecule has 0 aromatic rings. The molecule has 1 atom stereocenters. The topological polar surface area (TPSA) is 55.6 Å². The predicted molar refractivity (Wildman–Crippen MR) is 55.0 cm³/mol. The Labute approximate surface area is 85.4 Å². The third kappa shape index (κ3) is 2.61. The Kier molecular flexibility index (Phi) is 3.75. The first-order chi connectivity index (χ1) is 6.61. The summed E-state index contributed by atoms with van der Waals surface area (Å²) in [4.78, 5) is 13.2. The Bertz CT molecular complexity index is 208. The van der Waals surface area contributed by atoms with E-state index in [1.165, 1.54) is 0 Å². The number of hydrogen-bond acceptors (Lipinski definition) is 3. The normalized spacial score (nSPS) is 26.8. The molecule has 2 N–H and O–H groups in total. The van der Waals surface area contributed by atoms with Crippen LogP contribution in [0.25, 0.3) is 0 Å². The first-order valence-electron chi connectivity index (χ1n) is 5.29. The Morgan fingerprint density at radius 3 is 2.93 bits per heavy atom. The van der Waals surface area contributed by atoms with Crippen molar-refractivity contribution in [2.24, 2.45) is 5.73 Å². The first-order valence-corrected chi connectivity index (χ1v) is 5.29. The third-order valence-electron chi connectivity index (χ3n) is 2.52. The molecule has 1 aliphatic rings. The van der Waals surface area contributed by atoms with Gasteiger partial charge in [0.15, 0.2) is 0 Å². The molecule has 4 heteroatoms. The van der Waals surface area contributed by atoms with Gasteiger partial charge in [-0.2, -0.15) is 0 Å². The maximum Gasteiger partial charge on any atom is 0.410 e. The molecule has 1 heterocycles. The monoisotopic (exact) mass is 200 g/mol. The fourth-order valence-electron chi connectivity index (χ4n) is 1.82. The highest BCUT2D eigenvalue weighted by atomic mass is 16.6. The summed E-state index contributed by atoms with van der Waals surface area (Å²) in [6.07, 6.45) is 2.56. The second kappa shape index (κ2) is 4.64. The molecule has 1 fully saturated rings. The number of carbonyl (C=O) groups excluding carboxylic acids is 1. The molecule has 14 heavy (non-hydrogen) atoms. The molecule has 1 rings (SSSR count). The number of amides is 1. The van der Waals surface area contributed by atoms with Crippen LogP contribution in [-0.2, 0) is 4.74 Å². The van der Waals surface area contributed by atoms with E-state index in [1.54, 1.807) is 4.90 Å². The minimum absolute atomic E-state index is 0.175. The zero-order chi connectivity index (χ0) is 10.6. The molecular formula is C10H20N2O2. The van der Waals surface area contributed by atoms with Crippen molar-refractivity contribution in [3.8, 4) is 0 Å². The van der Waals surface area contributed by atoms with Crippen molar-refractivity contribution in [1.29, 1.82) is 0 Å². The van der Waals surface area contributed by atoms with Crippen LogP contribution in [0.1, 0.15) is 33.1 Å². The van der Waals surface area contributed by atoms with Gasteiger partial charge in [-0.3, -0.25) is 0 Å². The SMILES string of the molecule is CCCN1CC(C)(CCCN)OC1=O. The van der Waals surface area contributed by atoms with E-state index >= 15 is 0 Å². The van der Waals surface area contributed by atoms with Crippen molar-refractivity contribution < 1.29 is 9.53 Å². The summed E-state index contributed by atoms with van der Waals surface area (Å²) in [5.41, 5.74) is 5.13. The molecule has 1 aliphatic heterocycles. The van der Waals surface area contributed by atoms with Crippen LogP contribution in [0.2, 0.25) is 0 Å². The Morgan fingerprint density at radius 2 is 2.36 bits per heavy atom. The van der Waals surface area contributed by atoms with Crippen LogP contribution < -0.4 is 5.73 Å². The van der Waals surface area contributed by atoms with Crippen LogP contribution >= 0.6 is 0 Å². The molecule has 0 spiro atoms. The van der Waals surface area contributed by atoms with Crippen molar-refractivity contribution in [1.82, 2.24) is 4.90 Å². The lowest BCUT2D eigenvalue weighted by atomic mass is 10.0. The van der Waals surface area contributed by atoms with Gasteiger partial charge in [0, 0.05) is 6.54 Å². The van der Waals surface area contributed by atoms with Gasteiger partial charge < -0.3 is 15.4 Å². The van der Waals surface area contributed by atoms with E-state index in [0.29, 0.717) is 13.1 Å². The number of cyclic esters (lactones) is 1. The lowest BCUT2D eigenvalue weighted by Gasteiger charge is -2.21. The summed E-state index contributed by atoms with van der Waals surface area (Å²) in [5.74, 6) is 0. The van der Waals surface area contributed by atoms with Crippen LogP contribution in [0.3, 0.4) is 0 Å². The summed E-state index contributed by atoms with van der Waals surface area (Å²) >= 11 is 0. The lowest BCUT2D eigenvalue weighted by molar-refractivity contribution is 0.0638. The van der Waals surface area contributed by atoms with Gasteiger partial charge in [0.05, 0.1) is 6.54 Å². The van der Waals surface area contributed by atoms with Crippen molar-refractivity contribution in [2.75, 3.05) is 19.6 Å². The average molecular weight is 200 g/mol. The van der Waals surface area contributed by atoms with Gasteiger partial charge in [0.2, 0.25) is 0 Å². The number of nitrogens with zero attached hydrogens (tertiary/aromatic N) is 1. The summed E-state index contributed by atoms with van der Waals surface area (Å²) in [5, 5.41) is 0. The molecule has 82 valence electrons. The number of hydrogen-bond donors (Lipinski definition) is 1. The number of nitrogens with two attached hydrogens (primary N) is 1. The number of ether oxygens (including phenoxy) is 1. The quantitative estimate of drug-likeness (QED) is 0.728. The maximum atomic E-state index is 11.4. The van der Waals surface area contributed by atoms with Gasteiger partial charge in [0.1, 0.15) is 5.60 Å². The van der Waals surface area contributed by atoms with E-state index in [1.807, 2.05) is 6.92 Å². The van der Waals surface area contributed by atoms with Gasteiger partial charge in [-0.05, 0) is 32.7 Å². The van der Waals surface area contributed by atoms with E-state index in [2.05, 4.69) is 6.92 Å². The Morgan fingerprint density at radius 1 is 1.64 bits per heavy atom. The molecule has 0 aromatic heterocycles. The van der Waals surface area contributed by atoms with Crippen molar-refractivity contribution in [3.63, 3.8) is 0 Å². The standard InChI is InChI=1S/C10H20N2O2/c1-3-7-12-8-10(2,5-4-6-11)14-9(12)13/h3-8,11H2,1-2H3. The molecule has 0 bridgehead atoms. The van der Waals surface area contributed by atoms with Gasteiger partial charge in [-0.1, -0.05) is 6.92 Å². The van der Waals surface area contributed by atoms with Crippen LogP contribution in [0, 0.1) is 0 Å². The van der Waals surface area contributed by atoms with E-state index in [9.17, 15) is 4.79 Å². The minimum atomic E-state index is -0.314. The summed E-state index contributed by atoms with van der Waals surface area (Å²) in [6.45, 7) is 6.19. The van der Waals surface area contributed by atoms with Crippen molar-refractivity contribution in [2.45, 2.75) is 38.7 Å². The highest BCUT2D eigenvalue weighted by Crippen LogP contribution is 2.26. The average Bonchev–Trinajstić information content (AvgIpc) is 2.40. The minimum Gasteiger partial charge on any atom is -0.441 e. The number of carbonyl (C=O) groups is 1. The summed E-state index contributed by atoms with van der Waals surface area (Å²) in [6, 6.07) is 0. The lowest BCUT2D eigenvalue weighted by Crippen LogP contribution is -2.32. The first kappa shape index (κ1) is 11.3. The summed E-state index contributed by atoms with van der Waals surface area (Å²) in [7, 11) is 0. The number of rotatable bonds is 5. The Hall–Kier alpha value is -0.770. The fourth-order valence-corrected chi connectivity index (χ4v) is 1.82. The highest BCUT2D eigenvalue weighted by Gasteiger charge is 2.40. The maximum absolute atomic E-state index is 11.4. The van der Waals surface area contributed by atoms with Crippen LogP contribution in [0.5, 0.6) is 0 Å². The molecule has 1 saturated heterocycles. The molecular weight excluding hydrogens is 180 g/mol. The molecule has 4 nitrogen and oxygen atoms in total. The molecule has 0 radical (unpaired) electrons. The van der Waals surface area contributed by atoms with Gasteiger partial charge in [0.25, 0.3) is 0 Å². The fraction of sp³-hybridized carbons (Fsp3) is 0.900. The van der Waals surface area contributed by atoms with Crippen LogP contribution in [0.15, 0.2) is 0 Å². The van der Waals surface area contributed by atoms with Gasteiger partial charge in [-0.25, -0.2) is 4.79 Å². The molecule has 0 aliphatic carbocycles. The Balaban J connectivity index is 2.47. The van der Waals surface area contributed by atoms with E-state index < -0.39 is 0 Å². The zero-order valence-electron chi connectivity index (χ0n) is 9.08.